The van der Waals surface area contributed by atoms with Gasteiger partial charge in [-0.2, -0.15) is 0 Å². The van der Waals surface area contributed by atoms with Gasteiger partial charge >= 0.3 is 0 Å². The molecule has 0 bridgehead atoms. The van der Waals surface area contributed by atoms with E-state index in [1.165, 1.54) is 18.4 Å². The van der Waals surface area contributed by atoms with Crippen molar-refractivity contribution in [2.45, 2.75) is 25.8 Å². The van der Waals surface area contributed by atoms with Gasteiger partial charge in [-0.15, -0.1) is 0 Å². The third kappa shape index (κ3) is 2.23. The molecule has 1 fully saturated rings. The lowest BCUT2D eigenvalue weighted by Gasteiger charge is -2.24. The second-order valence-corrected chi connectivity index (χ2v) is 3.86. The van der Waals surface area contributed by atoms with E-state index in [2.05, 4.69) is 28.6 Å². The van der Waals surface area contributed by atoms with Crippen LogP contribution in [0.4, 0.5) is 5.82 Å². The summed E-state index contributed by atoms with van der Waals surface area (Å²) >= 11 is 0. The highest BCUT2D eigenvalue weighted by atomic mass is 15.1. The van der Waals surface area contributed by atoms with Gasteiger partial charge in [0.05, 0.1) is 0 Å². The number of hydrogen-bond donors (Lipinski definition) is 2. The summed E-state index contributed by atoms with van der Waals surface area (Å²) in [5.41, 5.74) is 1.22. The van der Waals surface area contributed by atoms with Gasteiger partial charge in [0.15, 0.2) is 0 Å². The van der Waals surface area contributed by atoms with Gasteiger partial charge in [0, 0.05) is 18.8 Å². The van der Waals surface area contributed by atoms with Crippen LogP contribution in [0, 0.1) is 6.92 Å². The molecule has 0 radical (unpaired) electrons. The molecule has 1 aromatic rings. The third-order valence-electron chi connectivity index (χ3n) is 2.65. The Morgan fingerprint density at radius 3 is 3.21 bits per heavy atom. The number of nitrogens with one attached hydrogen (secondary N) is 2. The zero-order valence-corrected chi connectivity index (χ0v) is 8.59. The summed E-state index contributed by atoms with van der Waals surface area (Å²) in [5, 5.41) is 6.86. The van der Waals surface area contributed by atoms with Gasteiger partial charge in [-0.3, -0.25) is 0 Å². The van der Waals surface area contributed by atoms with Crippen molar-refractivity contribution in [3.05, 3.63) is 23.9 Å². The topological polar surface area (TPSA) is 37.0 Å². The van der Waals surface area contributed by atoms with Crippen LogP contribution in [-0.4, -0.2) is 24.1 Å². The van der Waals surface area contributed by atoms with E-state index >= 15 is 0 Å². The summed E-state index contributed by atoms with van der Waals surface area (Å²) in [5.74, 6) is 1.03. The highest BCUT2D eigenvalue weighted by Crippen LogP contribution is 2.13. The molecule has 14 heavy (non-hydrogen) atoms. The Balaban J connectivity index is 1.99. The lowest BCUT2D eigenvalue weighted by Crippen LogP contribution is -2.38. The monoisotopic (exact) mass is 191 g/mol. The fourth-order valence-electron chi connectivity index (χ4n) is 1.81. The van der Waals surface area contributed by atoms with Crippen LogP contribution < -0.4 is 10.6 Å². The minimum absolute atomic E-state index is 0.539. The number of anilines is 1. The van der Waals surface area contributed by atoms with Crippen LogP contribution in [0.15, 0.2) is 18.3 Å². The van der Waals surface area contributed by atoms with Gasteiger partial charge in [0.2, 0.25) is 0 Å². The van der Waals surface area contributed by atoms with Crippen LogP contribution >= 0.6 is 0 Å². The Bertz CT molecular complexity index is 292. The van der Waals surface area contributed by atoms with E-state index in [0.29, 0.717) is 6.04 Å². The third-order valence-corrected chi connectivity index (χ3v) is 2.65. The van der Waals surface area contributed by atoms with Crippen LogP contribution in [0.2, 0.25) is 0 Å². The van der Waals surface area contributed by atoms with Crippen LogP contribution in [0.1, 0.15) is 18.4 Å². The first-order chi connectivity index (χ1) is 6.86. The minimum Gasteiger partial charge on any atom is -0.366 e. The number of pyridine rings is 1. The number of hydrogen-bond acceptors (Lipinski definition) is 3. The molecule has 0 saturated carbocycles. The number of aromatic nitrogens is 1. The maximum absolute atomic E-state index is 4.33. The smallest absolute Gasteiger partial charge is 0.129 e. The molecule has 2 N–H and O–H groups in total. The molecule has 3 nitrogen and oxygen atoms in total. The van der Waals surface area contributed by atoms with Crippen molar-refractivity contribution in [3.8, 4) is 0 Å². The van der Waals surface area contributed by atoms with Crippen molar-refractivity contribution in [2.75, 3.05) is 18.4 Å². The van der Waals surface area contributed by atoms with Crippen LogP contribution in [0.5, 0.6) is 0 Å². The molecule has 1 aliphatic rings. The molecule has 1 aromatic heterocycles. The Morgan fingerprint density at radius 1 is 1.57 bits per heavy atom. The van der Waals surface area contributed by atoms with E-state index in [4.69, 9.17) is 0 Å². The van der Waals surface area contributed by atoms with Crippen LogP contribution in [-0.2, 0) is 0 Å². The molecule has 2 heterocycles. The summed E-state index contributed by atoms with van der Waals surface area (Å²) < 4.78 is 0. The summed E-state index contributed by atoms with van der Waals surface area (Å²) in [4.78, 5) is 4.33. The van der Waals surface area contributed by atoms with E-state index in [-0.39, 0.29) is 0 Å². The molecule has 0 aliphatic carbocycles. The van der Waals surface area contributed by atoms with Crippen molar-refractivity contribution in [3.63, 3.8) is 0 Å². The fourth-order valence-corrected chi connectivity index (χ4v) is 1.81. The lowest BCUT2D eigenvalue weighted by molar-refractivity contribution is 0.479. The number of aryl methyl sites for hydroxylation is 1. The summed E-state index contributed by atoms with van der Waals surface area (Å²) in [6, 6.07) is 4.60. The van der Waals surface area contributed by atoms with Crippen molar-refractivity contribution in [2.24, 2.45) is 0 Å². The number of rotatable bonds is 2. The summed E-state index contributed by atoms with van der Waals surface area (Å²) in [7, 11) is 0. The number of nitrogens with zero attached hydrogens (tertiary/aromatic N) is 1. The molecule has 1 atom stereocenters. The second kappa shape index (κ2) is 4.42. The first-order valence-corrected chi connectivity index (χ1v) is 5.25. The van der Waals surface area contributed by atoms with Gasteiger partial charge in [-0.1, -0.05) is 6.07 Å². The molecule has 0 spiro atoms. The second-order valence-electron chi connectivity index (χ2n) is 3.86. The largest absolute Gasteiger partial charge is 0.366 e. The molecular weight excluding hydrogens is 174 g/mol. The summed E-state index contributed by atoms with van der Waals surface area (Å²) in [6.45, 7) is 4.29. The quantitative estimate of drug-likeness (QED) is 0.744. The molecular formula is C11H17N3. The van der Waals surface area contributed by atoms with Gasteiger partial charge in [-0.25, -0.2) is 4.98 Å². The van der Waals surface area contributed by atoms with Gasteiger partial charge < -0.3 is 10.6 Å². The zero-order chi connectivity index (χ0) is 9.80. The normalized spacial score (nSPS) is 21.9. The maximum atomic E-state index is 4.33. The van der Waals surface area contributed by atoms with E-state index in [1.807, 2.05) is 12.3 Å². The molecule has 2 rings (SSSR count). The average molecular weight is 191 g/mol. The Labute approximate surface area is 84.9 Å². The minimum atomic E-state index is 0.539. The highest BCUT2D eigenvalue weighted by molar-refractivity contribution is 5.43. The van der Waals surface area contributed by atoms with Crippen molar-refractivity contribution in [1.82, 2.24) is 10.3 Å². The Hall–Kier alpha value is -1.09. The molecule has 0 unspecified atom stereocenters. The lowest BCUT2D eigenvalue weighted by atomic mass is 10.1. The molecule has 76 valence electrons. The van der Waals surface area contributed by atoms with Gasteiger partial charge in [-0.05, 0) is 37.9 Å². The van der Waals surface area contributed by atoms with Crippen molar-refractivity contribution < 1.29 is 0 Å². The van der Waals surface area contributed by atoms with E-state index in [9.17, 15) is 0 Å². The Kier molecular flexibility index (Phi) is 2.99. The maximum Gasteiger partial charge on any atom is 0.129 e. The first kappa shape index (κ1) is 9.46. The number of piperidine rings is 1. The van der Waals surface area contributed by atoms with Crippen molar-refractivity contribution in [1.29, 1.82) is 0 Å². The average Bonchev–Trinajstić information content (AvgIpc) is 2.23. The molecule has 0 amide bonds. The first-order valence-electron chi connectivity index (χ1n) is 5.25. The molecule has 1 aliphatic heterocycles. The predicted octanol–water partition coefficient (Wildman–Crippen LogP) is 1.55. The predicted molar refractivity (Wildman–Crippen MR) is 58.5 cm³/mol. The standard InChI is InChI=1S/C11H17N3/c1-9-4-2-7-13-11(9)14-10-5-3-6-12-8-10/h2,4,7,10,12H,3,5-6,8H2,1H3,(H,13,14)/t10-/m1/s1. The summed E-state index contributed by atoms with van der Waals surface area (Å²) in [6.07, 6.45) is 4.33. The van der Waals surface area contributed by atoms with Crippen molar-refractivity contribution >= 4 is 5.82 Å². The van der Waals surface area contributed by atoms with E-state index < -0.39 is 0 Å². The van der Waals surface area contributed by atoms with E-state index in [1.54, 1.807) is 0 Å². The van der Waals surface area contributed by atoms with E-state index in [0.717, 1.165) is 18.9 Å². The highest BCUT2D eigenvalue weighted by Gasteiger charge is 2.13. The SMILES string of the molecule is Cc1cccnc1N[C@@H]1CCCNC1. The molecule has 1 saturated heterocycles. The van der Waals surface area contributed by atoms with Gasteiger partial charge in [0.1, 0.15) is 5.82 Å². The van der Waals surface area contributed by atoms with Crippen LogP contribution in [0.25, 0.3) is 0 Å². The van der Waals surface area contributed by atoms with Crippen LogP contribution in [0.3, 0.4) is 0 Å². The fraction of sp³-hybridized carbons (Fsp3) is 0.545. The molecule has 3 heteroatoms. The Morgan fingerprint density at radius 2 is 2.50 bits per heavy atom. The molecule has 0 aromatic carbocycles. The van der Waals surface area contributed by atoms with Gasteiger partial charge in [0.25, 0.3) is 0 Å². The zero-order valence-electron chi connectivity index (χ0n) is 8.59.